The summed E-state index contributed by atoms with van der Waals surface area (Å²) in [6.07, 6.45) is 1.28. The Balaban J connectivity index is 3.20. The van der Waals surface area contributed by atoms with Crippen LogP contribution in [-0.2, 0) is 11.4 Å². The number of hydrogen-bond donors (Lipinski definition) is 0. The molecule has 0 radical (unpaired) electrons. The van der Waals surface area contributed by atoms with Gasteiger partial charge in [0.15, 0.2) is 11.6 Å². The van der Waals surface area contributed by atoms with E-state index in [2.05, 4.69) is 25.2 Å². The van der Waals surface area contributed by atoms with Crippen LogP contribution in [0.3, 0.4) is 0 Å². The smallest absolute Gasteiger partial charge is 0.250 e. The first-order chi connectivity index (χ1) is 10.7. The zero-order valence-corrected chi connectivity index (χ0v) is 18.2. The molecule has 0 amide bonds. The van der Waals surface area contributed by atoms with Crippen LogP contribution in [0.15, 0.2) is 16.5 Å². The molecule has 3 nitrogen and oxygen atoms in total. The van der Waals surface area contributed by atoms with Crippen LogP contribution in [0, 0.1) is 5.82 Å². The molecule has 0 aliphatic heterocycles. The third-order valence-electron chi connectivity index (χ3n) is 4.05. The summed E-state index contributed by atoms with van der Waals surface area (Å²) >= 11 is 4.69. The monoisotopic (exact) mass is 391 g/mol. The predicted octanol–water partition coefficient (Wildman–Crippen LogP) is 5.74. The van der Waals surface area contributed by atoms with Gasteiger partial charge in [0.25, 0.3) is 8.32 Å². The molecule has 0 aliphatic carbocycles. The van der Waals surface area contributed by atoms with Crippen molar-refractivity contribution in [2.75, 3.05) is 0 Å². The molecule has 0 aliphatic rings. The average molecular weight is 392 g/mol. The average Bonchev–Trinajstić information content (AvgIpc) is 2.40. The topological polar surface area (TPSA) is 44.7 Å². The number of halogens is 2. The van der Waals surface area contributed by atoms with Gasteiger partial charge >= 0.3 is 0 Å². The SMILES string of the molecule is CC(C)(C)[S@+]([O-])/N=C/c1ccc(Cl)c(O[Si](C)(C)C(C)(C)C)c1F. The van der Waals surface area contributed by atoms with E-state index in [1.807, 2.05) is 33.9 Å². The van der Waals surface area contributed by atoms with Crippen molar-refractivity contribution < 1.29 is 13.4 Å². The van der Waals surface area contributed by atoms with Crippen molar-refractivity contribution in [3.05, 3.63) is 28.5 Å². The van der Waals surface area contributed by atoms with Gasteiger partial charge in [0.2, 0.25) is 0 Å². The lowest BCUT2D eigenvalue weighted by Gasteiger charge is -2.36. The Hall–Kier alpha value is -0.563. The summed E-state index contributed by atoms with van der Waals surface area (Å²) in [5.41, 5.74) is 0.214. The minimum atomic E-state index is -2.24. The molecule has 0 unspecified atom stereocenters. The summed E-state index contributed by atoms with van der Waals surface area (Å²) < 4.78 is 36.3. The number of nitrogens with zero attached hydrogens (tertiary/aromatic N) is 1. The van der Waals surface area contributed by atoms with Gasteiger partial charge in [0, 0.05) is 5.56 Å². The van der Waals surface area contributed by atoms with Crippen LogP contribution in [0.25, 0.3) is 0 Å². The third kappa shape index (κ3) is 5.21. The van der Waals surface area contributed by atoms with E-state index >= 15 is 0 Å². The summed E-state index contributed by atoms with van der Waals surface area (Å²) in [5, 5.41) is 0.145. The van der Waals surface area contributed by atoms with Crippen LogP contribution < -0.4 is 4.43 Å². The highest BCUT2D eigenvalue weighted by atomic mass is 35.5. The van der Waals surface area contributed by atoms with Crippen LogP contribution in [0.4, 0.5) is 4.39 Å². The van der Waals surface area contributed by atoms with Crippen molar-refractivity contribution in [1.29, 1.82) is 0 Å². The van der Waals surface area contributed by atoms with E-state index in [-0.39, 0.29) is 21.4 Å². The Morgan fingerprint density at radius 3 is 2.21 bits per heavy atom. The molecule has 0 bridgehead atoms. The second-order valence-electron chi connectivity index (χ2n) is 8.24. The standard InChI is InChI=1S/C17H27ClFNO2SSi/c1-16(2,3)23(21)20-11-12-9-10-13(18)15(14(12)19)22-24(7,8)17(4,5)6/h9-11H,1-8H3/b20-11+/t23-/m0/s1. The van der Waals surface area contributed by atoms with Gasteiger partial charge in [-0.2, -0.15) is 0 Å². The molecule has 1 aromatic rings. The van der Waals surface area contributed by atoms with Gasteiger partial charge in [0.05, 0.1) is 11.2 Å². The van der Waals surface area contributed by atoms with Gasteiger partial charge in [0.1, 0.15) is 16.1 Å². The van der Waals surface area contributed by atoms with Crippen LogP contribution in [-0.4, -0.2) is 23.8 Å². The molecule has 7 heteroatoms. The molecule has 1 atom stereocenters. The Kier molecular flexibility index (Phi) is 6.58. The molecule has 0 saturated heterocycles. The van der Waals surface area contributed by atoms with E-state index < -0.39 is 30.2 Å². The maximum absolute atomic E-state index is 14.8. The summed E-state index contributed by atoms with van der Waals surface area (Å²) in [7, 11) is -2.24. The fourth-order valence-electron chi connectivity index (χ4n) is 1.41. The first-order valence-corrected chi connectivity index (χ1v) is 12.2. The highest BCUT2D eigenvalue weighted by Crippen LogP contribution is 2.40. The van der Waals surface area contributed by atoms with Crippen molar-refractivity contribution in [3.63, 3.8) is 0 Å². The Morgan fingerprint density at radius 2 is 1.75 bits per heavy atom. The minimum Gasteiger partial charge on any atom is -0.591 e. The van der Waals surface area contributed by atoms with Crippen LogP contribution in [0.5, 0.6) is 5.75 Å². The second kappa shape index (κ2) is 7.36. The first-order valence-electron chi connectivity index (χ1n) is 7.80. The number of rotatable bonds is 4. The summed E-state index contributed by atoms with van der Waals surface area (Å²) in [6.45, 7) is 15.7. The maximum atomic E-state index is 14.8. The Labute approximate surface area is 154 Å². The first kappa shape index (κ1) is 21.5. The second-order valence-corrected chi connectivity index (χ2v) is 15.3. The van der Waals surface area contributed by atoms with Gasteiger partial charge in [-0.15, -0.1) is 0 Å². The van der Waals surface area contributed by atoms with E-state index in [4.69, 9.17) is 16.0 Å². The van der Waals surface area contributed by atoms with E-state index in [1.54, 1.807) is 6.07 Å². The largest absolute Gasteiger partial charge is 0.591 e. The van der Waals surface area contributed by atoms with Gasteiger partial charge in [-0.1, -0.05) is 36.8 Å². The van der Waals surface area contributed by atoms with Gasteiger partial charge in [-0.3, -0.25) is 0 Å². The fourth-order valence-corrected chi connectivity index (χ4v) is 3.20. The molecule has 0 N–H and O–H groups in total. The molecule has 0 aromatic heterocycles. The number of benzene rings is 1. The number of hydrogen-bond acceptors (Lipinski definition) is 3. The van der Waals surface area contributed by atoms with Crippen LogP contribution in [0.1, 0.15) is 47.1 Å². The highest BCUT2D eigenvalue weighted by molar-refractivity contribution is 7.91. The van der Waals surface area contributed by atoms with E-state index in [9.17, 15) is 8.94 Å². The van der Waals surface area contributed by atoms with Crippen molar-refractivity contribution >= 4 is 37.5 Å². The zero-order valence-electron chi connectivity index (χ0n) is 15.7. The minimum absolute atomic E-state index is 0.0498. The zero-order chi connectivity index (χ0) is 18.9. The Bertz CT molecular complexity index is 624. The molecular formula is C17H27ClFNO2SSi. The van der Waals surface area contributed by atoms with E-state index in [0.717, 1.165) is 0 Å². The predicted molar refractivity (Wildman–Crippen MR) is 105 cm³/mol. The fraction of sp³-hybridized carbons (Fsp3) is 0.588. The van der Waals surface area contributed by atoms with Crippen molar-refractivity contribution in [2.24, 2.45) is 4.40 Å². The van der Waals surface area contributed by atoms with Crippen molar-refractivity contribution in [3.8, 4) is 5.75 Å². The van der Waals surface area contributed by atoms with Crippen LogP contribution >= 0.6 is 11.6 Å². The summed E-state index contributed by atoms with van der Waals surface area (Å²) in [6, 6.07) is 3.09. The molecule has 0 fully saturated rings. The summed E-state index contributed by atoms with van der Waals surface area (Å²) in [5.74, 6) is -0.518. The molecule has 136 valence electrons. The molecule has 0 spiro atoms. The summed E-state index contributed by atoms with van der Waals surface area (Å²) in [4.78, 5) is 0. The lowest BCUT2D eigenvalue weighted by Crippen LogP contribution is -2.44. The van der Waals surface area contributed by atoms with Crippen LogP contribution in [0.2, 0.25) is 23.2 Å². The third-order valence-corrected chi connectivity index (χ3v) is 10.0. The maximum Gasteiger partial charge on any atom is 0.250 e. The van der Waals surface area contributed by atoms with Gasteiger partial charge < -0.3 is 8.98 Å². The van der Waals surface area contributed by atoms with E-state index in [0.29, 0.717) is 0 Å². The lowest BCUT2D eigenvalue weighted by atomic mass is 10.2. The lowest BCUT2D eigenvalue weighted by molar-refractivity contribution is 0.457. The molecule has 0 heterocycles. The quantitative estimate of drug-likeness (QED) is 0.373. The van der Waals surface area contributed by atoms with E-state index in [1.165, 1.54) is 12.3 Å². The molecule has 1 aromatic carbocycles. The molecule has 1 rings (SSSR count). The van der Waals surface area contributed by atoms with Gasteiger partial charge in [-0.05, 0) is 51.0 Å². The molecular weight excluding hydrogens is 365 g/mol. The highest BCUT2D eigenvalue weighted by Gasteiger charge is 2.40. The molecule has 0 saturated carbocycles. The van der Waals surface area contributed by atoms with Gasteiger partial charge in [-0.25, -0.2) is 4.39 Å². The Morgan fingerprint density at radius 1 is 1.21 bits per heavy atom. The van der Waals surface area contributed by atoms with Crippen molar-refractivity contribution in [1.82, 2.24) is 0 Å². The molecule has 24 heavy (non-hydrogen) atoms. The van der Waals surface area contributed by atoms with Crippen molar-refractivity contribution in [2.45, 2.75) is 64.4 Å². The normalized spacial score (nSPS) is 15.0.